The molecule has 3 N–H and O–H groups in total. The maximum atomic E-state index is 11.2. The third-order valence-electron chi connectivity index (χ3n) is 5.14. The Morgan fingerprint density at radius 3 is 2.25 bits per heavy atom. The summed E-state index contributed by atoms with van der Waals surface area (Å²) in [5.41, 5.74) is 2.62. The molecule has 1 unspecified atom stereocenters. The molecule has 4 aromatic carbocycles. The summed E-state index contributed by atoms with van der Waals surface area (Å²) in [6.07, 6.45) is -0.541. The third kappa shape index (κ3) is 4.82. The topological polar surface area (TPSA) is 94.8 Å². The maximum absolute atomic E-state index is 11.2. The van der Waals surface area contributed by atoms with E-state index in [1.807, 2.05) is 48.5 Å². The van der Waals surface area contributed by atoms with E-state index in [2.05, 4.69) is 11.8 Å². The Morgan fingerprint density at radius 1 is 0.844 bits per heavy atom. The Labute approximate surface area is 186 Å². The first kappa shape index (κ1) is 21.6. The molecule has 0 heterocycles. The van der Waals surface area contributed by atoms with E-state index >= 15 is 0 Å². The predicted molar refractivity (Wildman–Crippen MR) is 123 cm³/mol. The van der Waals surface area contributed by atoms with Crippen LogP contribution >= 0.6 is 0 Å². The van der Waals surface area contributed by atoms with Gasteiger partial charge in [-0.15, -0.1) is 0 Å². The van der Waals surface area contributed by atoms with Gasteiger partial charge < -0.3 is 10.2 Å². The van der Waals surface area contributed by atoms with E-state index in [-0.39, 0.29) is 16.2 Å². The minimum Gasteiger partial charge on any atom is -0.508 e. The smallest absolute Gasteiger partial charge is 0.294 e. The van der Waals surface area contributed by atoms with Crippen LogP contribution in [0.1, 0.15) is 28.4 Å². The second kappa shape index (κ2) is 8.85. The largest absolute Gasteiger partial charge is 0.508 e. The Bertz CT molecular complexity index is 1430. The fraction of sp³-hybridized carbons (Fsp3) is 0.0769. The summed E-state index contributed by atoms with van der Waals surface area (Å²) in [6.45, 7) is 0. The highest BCUT2D eigenvalue weighted by atomic mass is 32.2. The summed E-state index contributed by atoms with van der Waals surface area (Å²) in [7, 11) is -4.32. The maximum Gasteiger partial charge on any atom is 0.294 e. The minimum atomic E-state index is -4.32. The molecule has 160 valence electrons. The van der Waals surface area contributed by atoms with Gasteiger partial charge in [0.25, 0.3) is 10.1 Å². The molecule has 4 aromatic rings. The lowest BCUT2D eigenvalue weighted by atomic mass is 9.96. The fourth-order valence-electron chi connectivity index (χ4n) is 3.45. The molecule has 0 amide bonds. The lowest BCUT2D eigenvalue weighted by Gasteiger charge is -2.15. The number of aromatic hydroxyl groups is 1. The van der Waals surface area contributed by atoms with Crippen molar-refractivity contribution in [2.45, 2.75) is 17.4 Å². The highest BCUT2D eigenvalue weighted by Gasteiger charge is 2.17. The summed E-state index contributed by atoms with van der Waals surface area (Å²) in [6, 6.07) is 24.0. The van der Waals surface area contributed by atoms with Crippen molar-refractivity contribution in [2.24, 2.45) is 0 Å². The number of hydrogen-bond acceptors (Lipinski definition) is 4. The molecular formula is C26H20O5S. The van der Waals surface area contributed by atoms with Gasteiger partial charge in [0.05, 0.1) is 4.90 Å². The monoisotopic (exact) mass is 444 g/mol. The van der Waals surface area contributed by atoms with Crippen molar-refractivity contribution in [2.75, 3.05) is 0 Å². The zero-order valence-corrected chi connectivity index (χ0v) is 17.8. The lowest BCUT2D eigenvalue weighted by Crippen LogP contribution is -2.02. The molecule has 0 fully saturated rings. The molecule has 4 rings (SSSR count). The van der Waals surface area contributed by atoms with Gasteiger partial charge in [0.2, 0.25) is 0 Å². The van der Waals surface area contributed by atoms with Crippen molar-refractivity contribution in [3.8, 4) is 17.6 Å². The molecule has 0 aliphatic heterocycles. The van der Waals surface area contributed by atoms with Gasteiger partial charge in [-0.3, -0.25) is 4.55 Å². The molecule has 0 saturated carbocycles. The molecule has 0 aliphatic rings. The van der Waals surface area contributed by atoms with Crippen LogP contribution in [0.4, 0.5) is 0 Å². The van der Waals surface area contributed by atoms with Crippen molar-refractivity contribution in [1.82, 2.24) is 0 Å². The molecule has 32 heavy (non-hydrogen) atoms. The van der Waals surface area contributed by atoms with Gasteiger partial charge in [-0.05, 0) is 58.3 Å². The van der Waals surface area contributed by atoms with Crippen LogP contribution < -0.4 is 0 Å². The number of aliphatic hydroxyl groups is 1. The highest BCUT2D eigenvalue weighted by Crippen LogP contribution is 2.33. The number of phenolic OH excluding ortho intramolecular Hbond substituents is 1. The molecule has 0 bridgehead atoms. The van der Waals surface area contributed by atoms with Gasteiger partial charge in [0.1, 0.15) is 11.9 Å². The molecule has 0 radical (unpaired) electrons. The Hall–Kier alpha value is -3.63. The zero-order chi connectivity index (χ0) is 22.7. The normalized spacial score (nSPS) is 12.2. The van der Waals surface area contributed by atoms with E-state index in [0.29, 0.717) is 12.0 Å². The van der Waals surface area contributed by atoms with E-state index in [1.165, 1.54) is 24.3 Å². The molecule has 0 saturated heterocycles. The predicted octanol–water partition coefficient (Wildman–Crippen LogP) is 4.47. The van der Waals surface area contributed by atoms with Crippen LogP contribution in [-0.2, 0) is 16.5 Å². The minimum absolute atomic E-state index is 0.0771. The summed E-state index contributed by atoms with van der Waals surface area (Å²) in [4.78, 5) is -0.269. The average molecular weight is 445 g/mol. The molecule has 6 heteroatoms. The van der Waals surface area contributed by atoms with Gasteiger partial charge in [0, 0.05) is 17.5 Å². The van der Waals surface area contributed by atoms with E-state index < -0.39 is 16.2 Å². The van der Waals surface area contributed by atoms with Crippen LogP contribution in [0.3, 0.4) is 0 Å². The van der Waals surface area contributed by atoms with Crippen molar-refractivity contribution in [3.05, 3.63) is 107 Å². The molecule has 0 aromatic heterocycles. The molecule has 0 aliphatic carbocycles. The van der Waals surface area contributed by atoms with Gasteiger partial charge in [0.15, 0.2) is 0 Å². The number of fused-ring (bicyclic) bond motifs is 1. The molecular weight excluding hydrogens is 424 g/mol. The number of aliphatic hydroxyl groups excluding tert-OH is 1. The zero-order valence-electron chi connectivity index (χ0n) is 16.9. The van der Waals surface area contributed by atoms with Gasteiger partial charge in [-0.2, -0.15) is 8.42 Å². The van der Waals surface area contributed by atoms with Crippen molar-refractivity contribution >= 4 is 20.9 Å². The second-order valence-electron chi connectivity index (χ2n) is 7.38. The standard InChI is InChI=1S/C26H20O5S/c27-25-17-21-10-9-19(8-4-7-18-5-2-1-3-6-18)15-22(21)16-24(25)26(28)20-11-13-23(14-12-20)32(29,30)31/h1-3,5-6,9-17,26-28H,7H2,(H,29,30,31). The van der Waals surface area contributed by atoms with Gasteiger partial charge in [-0.1, -0.05) is 60.4 Å². The fourth-order valence-corrected chi connectivity index (χ4v) is 3.93. The summed E-state index contributed by atoms with van der Waals surface area (Å²) >= 11 is 0. The first-order valence-corrected chi connectivity index (χ1v) is 11.3. The highest BCUT2D eigenvalue weighted by molar-refractivity contribution is 7.85. The number of rotatable bonds is 4. The lowest BCUT2D eigenvalue weighted by molar-refractivity contribution is 0.215. The average Bonchev–Trinajstić information content (AvgIpc) is 2.78. The molecule has 5 nitrogen and oxygen atoms in total. The molecule has 0 spiro atoms. The van der Waals surface area contributed by atoms with Crippen molar-refractivity contribution in [3.63, 3.8) is 0 Å². The van der Waals surface area contributed by atoms with Crippen LogP contribution in [0.15, 0.2) is 89.8 Å². The van der Waals surface area contributed by atoms with Crippen LogP contribution in [0, 0.1) is 11.8 Å². The van der Waals surface area contributed by atoms with E-state index in [4.69, 9.17) is 4.55 Å². The summed E-state index contributed by atoms with van der Waals surface area (Å²) in [5, 5.41) is 22.8. The number of hydrogen-bond donors (Lipinski definition) is 3. The Kier molecular flexibility index (Phi) is 5.97. The molecule has 1 atom stereocenters. The SMILES string of the molecule is O=S(=O)(O)c1ccc(C(O)c2cc3cc(C#CCc4ccccc4)ccc3cc2O)cc1. The van der Waals surface area contributed by atoms with Gasteiger partial charge in [-0.25, -0.2) is 0 Å². The van der Waals surface area contributed by atoms with Gasteiger partial charge >= 0.3 is 0 Å². The van der Waals surface area contributed by atoms with Crippen LogP contribution in [0.5, 0.6) is 5.75 Å². The van der Waals surface area contributed by atoms with Crippen LogP contribution in [-0.4, -0.2) is 23.2 Å². The Morgan fingerprint density at radius 2 is 1.56 bits per heavy atom. The quantitative estimate of drug-likeness (QED) is 0.319. The summed E-state index contributed by atoms with van der Waals surface area (Å²) in [5.74, 6) is 6.22. The number of benzene rings is 4. The third-order valence-corrected chi connectivity index (χ3v) is 6.01. The Balaban J connectivity index is 1.63. The van der Waals surface area contributed by atoms with Crippen molar-refractivity contribution < 1.29 is 23.2 Å². The second-order valence-corrected chi connectivity index (χ2v) is 8.81. The van der Waals surface area contributed by atoms with E-state index in [1.54, 1.807) is 12.1 Å². The van der Waals surface area contributed by atoms with Crippen LogP contribution in [0.2, 0.25) is 0 Å². The van der Waals surface area contributed by atoms with E-state index in [9.17, 15) is 18.6 Å². The van der Waals surface area contributed by atoms with E-state index in [0.717, 1.165) is 21.9 Å². The van der Waals surface area contributed by atoms with Crippen LogP contribution in [0.25, 0.3) is 10.8 Å². The number of phenols is 1. The first-order valence-electron chi connectivity index (χ1n) is 9.86. The summed E-state index contributed by atoms with van der Waals surface area (Å²) < 4.78 is 31.5. The van der Waals surface area contributed by atoms with Crippen molar-refractivity contribution in [1.29, 1.82) is 0 Å². The first-order chi connectivity index (χ1) is 15.3.